The largest absolute Gasteiger partial charge is 0.370 e. The van der Waals surface area contributed by atoms with Crippen molar-refractivity contribution in [2.75, 3.05) is 26.2 Å². The van der Waals surface area contributed by atoms with Crippen LogP contribution in [0.15, 0.2) is 4.99 Å². The van der Waals surface area contributed by atoms with E-state index in [0.29, 0.717) is 45.2 Å². The summed E-state index contributed by atoms with van der Waals surface area (Å²) in [6, 6.07) is -2.73. The Morgan fingerprint density at radius 1 is 0.811 bits per heavy atom. The molecule has 0 fully saturated rings. The van der Waals surface area contributed by atoms with Gasteiger partial charge in [-0.1, -0.05) is 13.8 Å². The molecule has 0 radical (unpaired) electrons. The third kappa shape index (κ3) is 16.9. The van der Waals surface area contributed by atoms with Crippen molar-refractivity contribution in [3.8, 4) is 0 Å². The van der Waals surface area contributed by atoms with E-state index in [1.165, 1.54) is 6.92 Å². The minimum atomic E-state index is -0.945. The lowest BCUT2D eigenvalue weighted by atomic mass is 10.0. The molecule has 212 valence electrons. The van der Waals surface area contributed by atoms with Crippen molar-refractivity contribution in [3.05, 3.63) is 0 Å². The van der Waals surface area contributed by atoms with Gasteiger partial charge in [0, 0.05) is 6.54 Å². The molecule has 12 N–H and O–H groups in total. The van der Waals surface area contributed by atoms with Crippen LogP contribution in [0, 0.1) is 5.92 Å². The molecule has 37 heavy (non-hydrogen) atoms. The summed E-state index contributed by atoms with van der Waals surface area (Å²) >= 11 is 0. The monoisotopic (exact) mass is 527 g/mol. The van der Waals surface area contributed by atoms with E-state index in [-0.39, 0.29) is 37.2 Å². The highest BCUT2D eigenvalue weighted by molar-refractivity contribution is 5.94. The average Bonchev–Trinajstić information content (AvgIpc) is 2.82. The van der Waals surface area contributed by atoms with Crippen LogP contribution in [0.1, 0.15) is 59.3 Å². The first-order valence-corrected chi connectivity index (χ1v) is 12.5. The molecule has 0 aromatic rings. The minimum absolute atomic E-state index is 0.0477. The summed E-state index contributed by atoms with van der Waals surface area (Å²) in [5, 5.41) is 10.2. The number of aliphatic imine (C=N–C) groups is 1. The fourth-order valence-corrected chi connectivity index (χ4v) is 3.24. The fraction of sp³-hybridized carbons (Fsp3) is 0.739. The Labute approximate surface area is 218 Å². The van der Waals surface area contributed by atoms with Crippen molar-refractivity contribution in [1.82, 2.24) is 21.3 Å². The highest BCUT2D eigenvalue weighted by atomic mass is 16.2. The lowest BCUT2D eigenvalue weighted by Gasteiger charge is -2.25. The van der Waals surface area contributed by atoms with Crippen LogP contribution < -0.4 is 44.2 Å². The molecule has 0 saturated carbocycles. The molecule has 14 nitrogen and oxygen atoms in total. The highest BCUT2D eigenvalue weighted by Crippen LogP contribution is 2.08. The maximum Gasteiger partial charge on any atom is 0.243 e. The predicted octanol–water partition coefficient (Wildman–Crippen LogP) is -2.67. The Bertz CT molecular complexity index is 785. The van der Waals surface area contributed by atoms with Crippen LogP contribution in [0.2, 0.25) is 0 Å². The zero-order valence-corrected chi connectivity index (χ0v) is 22.2. The number of nitrogens with two attached hydrogens (primary N) is 4. The van der Waals surface area contributed by atoms with Gasteiger partial charge in [-0.05, 0) is 57.9 Å². The number of Topliss-reactive ketones (excluding diaryl/α,β-unsaturated/α-hetero) is 1. The van der Waals surface area contributed by atoms with Gasteiger partial charge in [-0.2, -0.15) is 0 Å². The number of guanidine groups is 1. The van der Waals surface area contributed by atoms with E-state index < -0.39 is 41.8 Å². The summed E-state index contributed by atoms with van der Waals surface area (Å²) in [7, 11) is 0. The second-order valence-electron chi connectivity index (χ2n) is 9.29. The number of nitrogens with one attached hydrogen (secondary N) is 4. The zero-order valence-electron chi connectivity index (χ0n) is 22.2. The van der Waals surface area contributed by atoms with Gasteiger partial charge < -0.3 is 44.2 Å². The number of unbranched alkanes of at least 4 members (excludes halogenated alkanes) is 1. The number of carbonyl (C=O) groups is 5. The van der Waals surface area contributed by atoms with E-state index >= 15 is 0 Å². The molecule has 0 rings (SSSR count). The molecule has 14 heteroatoms. The van der Waals surface area contributed by atoms with Crippen LogP contribution in [0.5, 0.6) is 0 Å². The number of nitrogens with zero attached hydrogens (tertiary/aromatic N) is 1. The van der Waals surface area contributed by atoms with Gasteiger partial charge in [0.15, 0.2) is 5.96 Å². The molecule has 3 atom stereocenters. The van der Waals surface area contributed by atoms with Gasteiger partial charge in [0.25, 0.3) is 0 Å². The van der Waals surface area contributed by atoms with Crippen LogP contribution in [0.3, 0.4) is 0 Å². The van der Waals surface area contributed by atoms with Crippen molar-refractivity contribution in [3.63, 3.8) is 0 Å². The van der Waals surface area contributed by atoms with E-state index in [1.807, 2.05) is 13.8 Å². The number of ketones is 1. The molecule has 0 aromatic carbocycles. The maximum absolute atomic E-state index is 13.1. The maximum atomic E-state index is 13.1. The van der Waals surface area contributed by atoms with E-state index in [4.69, 9.17) is 22.9 Å². The quantitative estimate of drug-likeness (QED) is 0.0494. The standard InChI is InChI=1S/C23H45N9O5/c1-14(2)11-18(32-20(35)16(25)7-6-10-28-23(26)27)22(37)31-17(8-4-5-9-24)21(36)30-13-19(34)29-12-15(3)33/h14,16-18H,4-13,24-25H2,1-3H3,(H,29,34)(H,30,36)(H,31,37)(H,32,35)(H4,26,27,28)/t16-,17-,18+/m0/s1. The second kappa shape index (κ2) is 18.9. The number of carbonyl (C=O) groups excluding carboxylic acids is 5. The van der Waals surface area contributed by atoms with E-state index in [1.54, 1.807) is 0 Å². The van der Waals surface area contributed by atoms with Crippen molar-refractivity contribution in [2.24, 2.45) is 33.8 Å². The normalized spacial score (nSPS) is 13.1. The lowest BCUT2D eigenvalue weighted by Crippen LogP contribution is -2.56. The second-order valence-corrected chi connectivity index (χ2v) is 9.29. The van der Waals surface area contributed by atoms with Crippen molar-refractivity contribution < 1.29 is 24.0 Å². The summed E-state index contributed by atoms with van der Waals surface area (Å²) in [6.45, 7) is 5.37. The van der Waals surface area contributed by atoms with Gasteiger partial charge in [0.05, 0.1) is 19.1 Å². The number of hydrogen-bond acceptors (Lipinski definition) is 8. The van der Waals surface area contributed by atoms with Gasteiger partial charge in [-0.25, -0.2) is 0 Å². The van der Waals surface area contributed by atoms with Crippen LogP contribution in [-0.4, -0.2) is 79.7 Å². The van der Waals surface area contributed by atoms with Crippen LogP contribution in [-0.2, 0) is 24.0 Å². The van der Waals surface area contributed by atoms with Gasteiger partial charge in [0.1, 0.15) is 17.9 Å². The molecule has 4 amide bonds. The van der Waals surface area contributed by atoms with Crippen molar-refractivity contribution >= 4 is 35.4 Å². The van der Waals surface area contributed by atoms with Crippen LogP contribution in [0.4, 0.5) is 0 Å². The smallest absolute Gasteiger partial charge is 0.243 e. The van der Waals surface area contributed by atoms with Gasteiger partial charge in [0.2, 0.25) is 23.6 Å². The third-order valence-corrected chi connectivity index (χ3v) is 5.18. The van der Waals surface area contributed by atoms with Crippen molar-refractivity contribution in [2.45, 2.75) is 77.4 Å². The third-order valence-electron chi connectivity index (χ3n) is 5.18. The zero-order chi connectivity index (χ0) is 28.4. The molecule has 0 heterocycles. The van der Waals surface area contributed by atoms with Gasteiger partial charge >= 0.3 is 0 Å². The first-order valence-electron chi connectivity index (χ1n) is 12.5. The molecule has 0 aliphatic heterocycles. The molecule has 0 saturated heterocycles. The van der Waals surface area contributed by atoms with E-state index in [9.17, 15) is 24.0 Å². The summed E-state index contributed by atoms with van der Waals surface area (Å²) in [6.07, 6.45) is 2.61. The topological polar surface area (TPSA) is 250 Å². The van der Waals surface area contributed by atoms with Gasteiger partial charge in [-0.15, -0.1) is 0 Å². The Hall–Kier alpha value is -3.26. The van der Waals surface area contributed by atoms with Crippen LogP contribution >= 0.6 is 0 Å². The molecular formula is C23H45N9O5. The molecular weight excluding hydrogens is 482 g/mol. The molecule has 0 bridgehead atoms. The molecule has 0 aliphatic carbocycles. The number of hydrogen-bond donors (Lipinski definition) is 8. The van der Waals surface area contributed by atoms with E-state index in [2.05, 4.69) is 26.3 Å². The predicted molar refractivity (Wildman–Crippen MR) is 141 cm³/mol. The first kappa shape index (κ1) is 33.7. The summed E-state index contributed by atoms with van der Waals surface area (Å²) in [5.74, 6) is -2.35. The lowest BCUT2D eigenvalue weighted by molar-refractivity contribution is -0.133. The number of amides is 4. The molecule has 0 unspecified atom stereocenters. The van der Waals surface area contributed by atoms with Gasteiger partial charge in [-0.3, -0.25) is 29.0 Å². The van der Waals surface area contributed by atoms with Crippen molar-refractivity contribution in [1.29, 1.82) is 0 Å². The Morgan fingerprint density at radius 3 is 2.03 bits per heavy atom. The average molecular weight is 528 g/mol. The van der Waals surface area contributed by atoms with E-state index in [0.717, 1.165) is 0 Å². The fourth-order valence-electron chi connectivity index (χ4n) is 3.24. The first-order chi connectivity index (χ1) is 17.4. The molecule has 0 spiro atoms. The molecule has 0 aliphatic rings. The highest BCUT2D eigenvalue weighted by Gasteiger charge is 2.28. The Morgan fingerprint density at radius 2 is 1.46 bits per heavy atom. The Balaban J connectivity index is 5.20. The van der Waals surface area contributed by atoms with Crippen LogP contribution in [0.25, 0.3) is 0 Å². The summed E-state index contributed by atoms with van der Waals surface area (Å²) < 4.78 is 0. The molecule has 0 aromatic heterocycles. The summed E-state index contributed by atoms with van der Waals surface area (Å²) in [5.41, 5.74) is 22.1. The Kier molecular flexibility index (Phi) is 17.3. The SMILES string of the molecule is CC(=O)CNC(=O)CNC(=O)[C@H](CCCCN)NC(=O)[C@@H](CC(C)C)NC(=O)[C@@H](N)CCCN=C(N)N. The minimum Gasteiger partial charge on any atom is -0.370 e. The number of rotatable bonds is 19. The summed E-state index contributed by atoms with van der Waals surface area (Å²) in [4.78, 5) is 65.2.